The lowest BCUT2D eigenvalue weighted by Gasteiger charge is -2.19. The molecule has 8 nitrogen and oxygen atoms in total. The van der Waals surface area contributed by atoms with Crippen molar-refractivity contribution >= 4 is 44.8 Å². The van der Waals surface area contributed by atoms with Gasteiger partial charge in [0.2, 0.25) is 11.8 Å². The highest BCUT2D eigenvalue weighted by Gasteiger charge is 2.23. The van der Waals surface area contributed by atoms with Crippen molar-refractivity contribution in [3.63, 3.8) is 0 Å². The lowest BCUT2D eigenvalue weighted by Crippen LogP contribution is -2.19. The zero-order valence-electron chi connectivity index (χ0n) is 16.8. The molecular weight excluding hydrogens is 440 g/mol. The largest absolute Gasteiger partial charge is 0.486 e. The molecule has 2 amide bonds. The van der Waals surface area contributed by atoms with E-state index in [2.05, 4.69) is 10.6 Å². The van der Waals surface area contributed by atoms with E-state index >= 15 is 0 Å². The minimum absolute atomic E-state index is 0.0776. The Morgan fingerprint density at radius 3 is 2.74 bits per heavy atom. The van der Waals surface area contributed by atoms with Crippen molar-refractivity contribution in [2.45, 2.75) is 34.8 Å². The number of nitrogens with one attached hydrogen (secondary N) is 2. The highest BCUT2D eigenvalue weighted by molar-refractivity contribution is 8.00. The normalized spacial score (nSPS) is 17.8. The number of benzene rings is 2. The second-order valence-corrected chi connectivity index (χ2v) is 10.9. The molecule has 0 radical (unpaired) electrons. The predicted molar refractivity (Wildman–Crippen MR) is 118 cm³/mol. The second kappa shape index (κ2) is 8.80. The van der Waals surface area contributed by atoms with Gasteiger partial charge in [-0.25, -0.2) is 8.42 Å². The Hall–Kier alpha value is -2.72. The lowest BCUT2D eigenvalue weighted by molar-refractivity contribution is -0.116. The number of fused-ring (bicyclic) bond motifs is 2. The monoisotopic (exact) mass is 462 g/mol. The Labute approximate surface area is 184 Å². The molecule has 0 aromatic heterocycles. The summed E-state index contributed by atoms with van der Waals surface area (Å²) in [5.74, 6) is 0.227. The molecule has 0 aliphatic carbocycles. The van der Waals surface area contributed by atoms with E-state index in [0.717, 1.165) is 4.90 Å². The van der Waals surface area contributed by atoms with Gasteiger partial charge in [0.15, 0.2) is 21.3 Å². The van der Waals surface area contributed by atoms with Gasteiger partial charge in [0, 0.05) is 34.7 Å². The van der Waals surface area contributed by atoms with E-state index in [1.165, 1.54) is 23.9 Å². The lowest BCUT2D eigenvalue weighted by atomic mass is 10.2. The van der Waals surface area contributed by atoms with Crippen molar-refractivity contribution in [3.05, 3.63) is 36.4 Å². The molecule has 31 heavy (non-hydrogen) atoms. The maximum Gasteiger partial charge on any atom is 0.225 e. The summed E-state index contributed by atoms with van der Waals surface area (Å²) in [4.78, 5) is 25.2. The Morgan fingerprint density at radius 2 is 1.94 bits per heavy atom. The number of sulfone groups is 1. The van der Waals surface area contributed by atoms with Gasteiger partial charge in [-0.2, -0.15) is 0 Å². The topological polar surface area (TPSA) is 111 Å². The van der Waals surface area contributed by atoms with Crippen LogP contribution in [0.2, 0.25) is 0 Å². The quantitative estimate of drug-likeness (QED) is 0.702. The molecule has 2 N–H and O–H groups in total. The van der Waals surface area contributed by atoms with E-state index < -0.39 is 15.7 Å². The standard InChI is InChI=1S/C21H22N2O6S2/c1-13-10-21(25)23-16-12-15(3-5-19(16)30-13)31(26,27)9-6-20(24)22-14-2-4-17-18(11-14)29-8-7-28-17/h2-5,11-13H,6-10H2,1H3,(H,22,24)(H,23,25)/t13-/m1/s1. The van der Waals surface area contributed by atoms with Gasteiger partial charge in [-0.1, -0.05) is 6.92 Å². The van der Waals surface area contributed by atoms with Crippen LogP contribution >= 0.6 is 11.8 Å². The molecule has 0 unspecified atom stereocenters. The molecule has 2 aromatic carbocycles. The Balaban J connectivity index is 1.41. The fraction of sp³-hybridized carbons (Fsp3) is 0.333. The van der Waals surface area contributed by atoms with Gasteiger partial charge in [0.1, 0.15) is 13.2 Å². The van der Waals surface area contributed by atoms with Crippen LogP contribution in [-0.4, -0.2) is 44.4 Å². The third-order valence-corrected chi connectivity index (χ3v) is 7.70. The number of ether oxygens (including phenoxy) is 2. The summed E-state index contributed by atoms with van der Waals surface area (Å²) < 4.78 is 36.4. The summed E-state index contributed by atoms with van der Waals surface area (Å²) in [7, 11) is -3.70. The molecule has 2 aliphatic rings. The van der Waals surface area contributed by atoms with E-state index in [1.807, 2.05) is 6.92 Å². The maximum atomic E-state index is 12.8. The van der Waals surface area contributed by atoms with E-state index in [0.29, 0.717) is 42.5 Å². The molecule has 0 fully saturated rings. The summed E-state index contributed by atoms with van der Waals surface area (Å²) in [5, 5.41) is 5.55. The smallest absolute Gasteiger partial charge is 0.225 e. The molecule has 164 valence electrons. The molecule has 4 rings (SSSR count). The average Bonchev–Trinajstić information content (AvgIpc) is 2.87. The first kappa shape index (κ1) is 21.5. The van der Waals surface area contributed by atoms with Crippen molar-refractivity contribution in [3.8, 4) is 11.5 Å². The van der Waals surface area contributed by atoms with Crippen LogP contribution in [0.25, 0.3) is 0 Å². The van der Waals surface area contributed by atoms with Crippen LogP contribution in [-0.2, 0) is 19.4 Å². The molecular formula is C21H22N2O6S2. The third kappa shape index (κ3) is 5.13. The highest BCUT2D eigenvalue weighted by Crippen LogP contribution is 2.36. The molecule has 2 aromatic rings. The van der Waals surface area contributed by atoms with Crippen LogP contribution in [0.4, 0.5) is 11.4 Å². The van der Waals surface area contributed by atoms with Gasteiger partial charge < -0.3 is 20.1 Å². The molecule has 1 atom stereocenters. The van der Waals surface area contributed by atoms with Gasteiger partial charge in [0.05, 0.1) is 16.3 Å². The first-order chi connectivity index (χ1) is 14.8. The number of hydrogen-bond acceptors (Lipinski definition) is 7. The number of anilines is 2. The Bertz CT molecular complexity index is 1130. The first-order valence-corrected chi connectivity index (χ1v) is 12.4. The molecule has 0 saturated carbocycles. The van der Waals surface area contributed by atoms with Crippen LogP contribution < -0.4 is 20.1 Å². The third-order valence-electron chi connectivity index (χ3n) is 4.81. The number of rotatable bonds is 5. The first-order valence-electron chi connectivity index (χ1n) is 9.83. The number of carbonyl (C=O) groups is 2. The average molecular weight is 463 g/mol. The summed E-state index contributed by atoms with van der Waals surface area (Å²) in [6.07, 6.45) is 0.160. The van der Waals surface area contributed by atoms with Crippen LogP contribution in [0, 0.1) is 0 Å². The molecule has 2 aliphatic heterocycles. The Kier molecular flexibility index (Phi) is 6.10. The second-order valence-electron chi connectivity index (χ2n) is 7.31. The SMILES string of the molecule is C[C@@H]1CC(=O)Nc2cc(S(=O)(=O)CCC(=O)Nc3ccc4c(c3)OCCO4)ccc2S1. The number of amides is 2. The fourth-order valence-electron chi connectivity index (χ4n) is 3.31. The summed E-state index contributed by atoms with van der Waals surface area (Å²) in [5.41, 5.74) is 0.992. The van der Waals surface area contributed by atoms with Crippen molar-refractivity contribution in [2.24, 2.45) is 0 Å². The van der Waals surface area contributed by atoms with Crippen molar-refractivity contribution < 1.29 is 27.5 Å². The van der Waals surface area contributed by atoms with Crippen molar-refractivity contribution in [1.29, 1.82) is 0 Å². The van der Waals surface area contributed by atoms with Crippen LogP contribution in [0.1, 0.15) is 19.8 Å². The molecule has 10 heteroatoms. The van der Waals surface area contributed by atoms with Crippen molar-refractivity contribution in [2.75, 3.05) is 29.6 Å². The Morgan fingerprint density at radius 1 is 1.16 bits per heavy atom. The van der Waals surface area contributed by atoms with E-state index in [9.17, 15) is 18.0 Å². The molecule has 2 heterocycles. The number of thioether (sulfide) groups is 1. The van der Waals surface area contributed by atoms with E-state index in [4.69, 9.17) is 9.47 Å². The van der Waals surface area contributed by atoms with E-state index in [-0.39, 0.29) is 28.2 Å². The summed E-state index contributed by atoms with van der Waals surface area (Å²) in [6.45, 7) is 2.85. The zero-order chi connectivity index (χ0) is 22.0. The minimum Gasteiger partial charge on any atom is -0.486 e. The zero-order valence-corrected chi connectivity index (χ0v) is 18.5. The fourth-order valence-corrected chi connectivity index (χ4v) is 5.63. The van der Waals surface area contributed by atoms with Gasteiger partial charge in [-0.3, -0.25) is 9.59 Å². The van der Waals surface area contributed by atoms with Crippen molar-refractivity contribution in [1.82, 2.24) is 0 Å². The predicted octanol–water partition coefficient (Wildman–Crippen LogP) is 3.08. The number of hydrogen-bond donors (Lipinski definition) is 2. The number of carbonyl (C=O) groups excluding carboxylic acids is 2. The molecule has 0 spiro atoms. The summed E-state index contributed by atoms with van der Waals surface area (Å²) >= 11 is 1.52. The van der Waals surface area contributed by atoms with Crippen LogP contribution in [0.5, 0.6) is 11.5 Å². The van der Waals surface area contributed by atoms with Crippen LogP contribution in [0.15, 0.2) is 46.2 Å². The highest BCUT2D eigenvalue weighted by atomic mass is 32.2. The molecule has 0 bridgehead atoms. The van der Waals surface area contributed by atoms with Gasteiger partial charge in [-0.05, 0) is 30.3 Å². The maximum absolute atomic E-state index is 12.8. The summed E-state index contributed by atoms with van der Waals surface area (Å²) in [6, 6.07) is 9.70. The van der Waals surface area contributed by atoms with Gasteiger partial charge in [0.25, 0.3) is 0 Å². The van der Waals surface area contributed by atoms with Gasteiger partial charge >= 0.3 is 0 Å². The van der Waals surface area contributed by atoms with Gasteiger partial charge in [-0.15, -0.1) is 11.8 Å². The van der Waals surface area contributed by atoms with Crippen LogP contribution in [0.3, 0.4) is 0 Å². The minimum atomic E-state index is -3.70. The molecule has 0 saturated heterocycles. The van der Waals surface area contributed by atoms with E-state index in [1.54, 1.807) is 24.3 Å².